The van der Waals surface area contributed by atoms with E-state index in [2.05, 4.69) is 47.7 Å². The summed E-state index contributed by atoms with van der Waals surface area (Å²) in [5.41, 5.74) is 3.54. The second kappa shape index (κ2) is 12.4. The van der Waals surface area contributed by atoms with E-state index in [1.165, 1.54) is 5.56 Å². The van der Waals surface area contributed by atoms with E-state index in [-0.39, 0.29) is 24.0 Å². The Kier molecular flexibility index (Phi) is 10.6. The maximum atomic E-state index is 5.39. The zero-order valence-corrected chi connectivity index (χ0v) is 18.9. The van der Waals surface area contributed by atoms with Crippen molar-refractivity contribution in [2.24, 2.45) is 4.99 Å². The summed E-state index contributed by atoms with van der Waals surface area (Å²) in [7, 11) is 3.38. The van der Waals surface area contributed by atoms with Gasteiger partial charge in [-0.05, 0) is 55.2 Å². The number of methoxy groups -OCH3 is 2. The first kappa shape index (κ1) is 23.1. The lowest BCUT2D eigenvalue weighted by Crippen LogP contribution is -2.38. The second-order valence-corrected chi connectivity index (χ2v) is 6.02. The van der Waals surface area contributed by atoms with Crippen LogP contribution in [0.15, 0.2) is 47.5 Å². The Hall–Kier alpha value is -1.96. The Bertz CT molecular complexity index is 718. The van der Waals surface area contributed by atoms with Crippen LogP contribution in [0.2, 0.25) is 0 Å². The summed E-state index contributed by atoms with van der Waals surface area (Å²) in [4.78, 5) is 4.65. The summed E-state index contributed by atoms with van der Waals surface area (Å²) in [5.74, 6) is 2.61. The van der Waals surface area contributed by atoms with Gasteiger partial charge in [0.15, 0.2) is 5.96 Å². The predicted octanol–water partition coefficient (Wildman–Crippen LogP) is 3.93. The van der Waals surface area contributed by atoms with Crippen molar-refractivity contribution < 1.29 is 9.47 Å². The molecule has 0 heterocycles. The van der Waals surface area contributed by atoms with Crippen molar-refractivity contribution in [3.8, 4) is 11.5 Å². The highest BCUT2D eigenvalue weighted by molar-refractivity contribution is 14.0. The molecule has 2 rings (SSSR count). The molecule has 0 aliphatic heterocycles. The Labute approximate surface area is 179 Å². The number of halogens is 1. The van der Waals surface area contributed by atoms with Crippen LogP contribution in [-0.4, -0.2) is 33.3 Å². The van der Waals surface area contributed by atoms with Gasteiger partial charge in [-0.3, -0.25) is 0 Å². The minimum absolute atomic E-state index is 0. The maximum absolute atomic E-state index is 5.39. The molecular formula is C21H30IN3O2. The molecule has 2 aromatic carbocycles. The van der Waals surface area contributed by atoms with Gasteiger partial charge >= 0.3 is 0 Å². The van der Waals surface area contributed by atoms with Crippen molar-refractivity contribution >= 4 is 29.9 Å². The monoisotopic (exact) mass is 483 g/mol. The van der Waals surface area contributed by atoms with Gasteiger partial charge in [-0.2, -0.15) is 0 Å². The van der Waals surface area contributed by atoms with E-state index in [1.807, 2.05) is 24.3 Å². The lowest BCUT2D eigenvalue weighted by Gasteiger charge is -2.12. The molecule has 148 valence electrons. The fraction of sp³-hybridized carbons (Fsp3) is 0.381. The van der Waals surface area contributed by atoms with E-state index in [0.717, 1.165) is 48.1 Å². The van der Waals surface area contributed by atoms with Crippen LogP contribution in [0.4, 0.5) is 0 Å². The van der Waals surface area contributed by atoms with Gasteiger partial charge in [0.2, 0.25) is 0 Å². The normalized spacial score (nSPS) is 10.7. The highest BCUT2D eigenvalue weighted by Crippen LogP contribution is 2.19. The Balaban J connectivity index is 0.00000364. The second-order valence-electron chi connectivity index (χ2n) is 6.02. The molecular weight excluding hydrogens is 453 g/mol. The molecule has 0 fully saturated rings. The molecule has 2 N–H and O–H groups in total. The summed E-state index contributed by atoms with van der Waals surface area (Å²) >= 11 is 0. The van der Waals surface area contributed by atoms with E-state index < -0.39 is 0 Å². The number of hydrogen-bond acceptors (Lipinski definition) is 3. The number of ether oxygens (including phenoxy) is 2. The Morgan fingerprint density at radius 1 is 0.963 bits per heavy atom. The fourth-order valence-corrected chi connectivity index (χ4v) is 2.59. The van der Waals surface area contributed by atoms with Crippen molar-refractivity contribution in [2.45, 2.75) is 26.8 Å². The van der Waals surface area contributed by atoms with Crippen LogP contribution in [0.3, 0.4) is 0 Å². The topological polar surface area (TPSA) is 54.9 Å². The van der Waals surface area contributed by atoms with Crippen LogP contribution in [0.5, 0.6) is 11.5 Å². The van der Waals surface area contributed by atoms with Crippen molar-refractivity contribution in [3.05, 3.63) is 59.2 Å². The van der Waals surface area contributed by atoms with Gasteiger partial charge in [-0.25, -0.2) is 4.99 Å². The van der Waals surface area contributed by atoms with Crippen LogP contribution in [0.25, 0.3) is 0 Å². The van der Waals surface area contributed by atoms with Crippen molar-refractivity contribution in [1.82, 2.24) is 10.6 Å². The third-order valence-corrected chi connectivity index (χ3v) is 4.10. The quantitative estimate of drug-likeness (QED) is 0.340. The van der Waals surface area contributed by atoms with Gasteiger partial charge in [-0.1, -0.05) is 24.3 Å². The Morgan fingerprint density at radius 3 is 2.30 bits per heavy atom. The van der Waals surface area contributed by atoms with Crippen molar-refractivity contribution in [2.75, 3.05) is 27.3 Å². The van der Waals surface area contributed by atoms with Crippen LogP contribution in [0, 0.1) is 6.92 Å². The molecule has 0 radical (unpaired) electrons. The standard InChI is InChI=1S/C21H29N3O2.HI/c1-5-22-21(24-15-18-8-10-19(25-3)11-9-18)23-13-12-17-7-6-16(2)20(14-17)26-4;/h6-11,14H,5,12-13,15H2,1-4H3,(H2,22,23,24);1H. The van der Waals surface area contributed by atoms with Crippen LogP contribution in [0.1, 0.15) is 23.6 Å². The number of aliphatic imine (C=N–C) groups is 1. The number of nitrogens with one attached hydrogen (secondary N) is 2. The fourth-order valence-electron chi connectivity index (χ4n) is 2.59. The van der Waals surface area contributed by atoms with Crippen LogP contribution in [-0.2, 0) is 13.0 Å². The zero-order chi connectivity index (χ0) is 18.8. The Morgan fingerprint density at radius 2 is 1.67 bits per heavy atom. The number of guanidine groups is 1. The molecule has 0 saturated carbocycles. The van der Waals surface area contributed by atoms with Crippen LogP contribution >= 0.6 is 24.0 Å². The molecule has 0 aliphatic carbocycles. The first-order valence-corrected chi connectivity index (χ1v) is 8.95. The van der Waals surface area contributed by atoms with Gasteiger partial charge in [0.05, 0.1) is 20.8 Å². The molecule has 2 aromatic rings. The zero-order valence-electron chi connectivity index (χ0n) is 16.5. The van der Waals surface area contributed by atoms with Crippen LogP contribution < -0.4 is 20.1 Å². The molecule has 0 amide bonds. The predicted molar refractivity (Wildman–Crippen MR) is 123 cm³/mol. The third kappa shape index (κ3) is 7.66. The van der Waals surface area contributed by atoms with Crippen molar-refractivity contribution in [3.63, 3.8) is 0 Å². The number of hydrogen-bond donors (Lipinski definition) is 2. The summed E-state index contributed by atoms with van der Waals surface area (Å²) < 4.78 is 10.6. The van der Waals surface area contributed by atoms with E-state index in [1.54, 1.807) is 14.2 Å². The lowest BCUT2D eigenvalue weighted by atomic mass is 10.1. The molecule has 0 atom stereocenters. The first-order valence-electron chi connectivity index (χ1n) is 8.95. The van der Waals surface area contributed by atoms with Gasteiger partial charge in [-0.15, -0.1) is 24.0 Å². The molecule has 0 spiro atoms. The number of benzene rings is 2. The van der Waals surface area contributed by atoms with Gasteiger partial charge in [0.1, 0.15) is 11.5 Å². The van der Waals surface area contributed by atoms with Gasteiger partial charge < -0.3 is 20.1 Å². The highest BCUT2D eigenvalue weighted by atomic mass is 127. The smallest absolute Gasteiger partial charge is 0.191 e. The first-order chi connectivity index (χ1) is 12.7. The number of nitrogens with zero attached hydrogens (tertiary/aromatic N) is 1. The van der Waals surface area contributed by atoms with Crippen molar-refractivity contribution in [1.29, 1.82) is 0 Å². The molecule has 0 saturated heterocycles. The largest absolute Gasteiger partial charge is 0.497 e. The highest BCUT2D eigenvalue weighted by Gasteiger charge is 2.02. The molecule has 0 aliphatic rings. The maximum Gasteiger partial charge on any atom is 0.191 e. The average molecular weight is 483 g/mol. The summed E-state index contributed by atoms with van der Waals surface area (Å²) in [6.45, 7) is 6.37. The molecule has 0 aromatic heterocycles. The molecule has 5 nitrogen and oxygen atoms in total. The average Bonchev–Trinajstić information content (AvgIpc) is 2.67. The van der Waals surface area contributed by atoms with E-state index in [9.17, 15) is 0 Å². The van der Waals surface area contributed by atoms with E-state index in [0.29, 0.717) is 6.54 Å². The lowest BCUT2D eigenvalue weighted by molar-refractivity contribution is 0.411. The van der Waals surface area contributed by atoms with E-state index >= 15 is 0 Å². The number of aryl methyl sites for hydroxylation is 1. The summed E-state index contributed by atoms with van der Waals surface area (Å²) in [6.07, 6.45) is 0.906. The molecule has 0 bridgehead atoms. The van der Waals surface area contributed by atoms with Gasteiger partial charge in [0, 0.05) is 13.1 Å². The SMILES string of the molecule is CCNC(=NCc1ccc(OC)cc1)NCCc1ccc(C)c(OC)c1.I. The van der Waals surface area contributed by atoms with E-state index in [4.69, 9.17) is 9.47 Å². The molecule has 27 heavy (non-hydrogen) atoms. The summed E-state index contributed by atoms with van der Waals surface area (Å²) in [5, 5.41) is 6.67. The van der Waals surface area contributed by atoms with Gasteiger partial charge in [0.25, 0.3) is 0 Å². The minimum Gasteiger partial charge on any atom is -0.497 e. The third-order valence-electron chi connectivity index (χ3n) is 4.10. The minimum atomic E-state index is 0. The summed E-state index contributed by atoms with van der Waals surface area (Å²) in [6, 6.07) is 14.3. The number of rotatable bonds is 8. The molecule has 6 heteroatoms. The molecule has 0 unspecified atom stereocenters.